The number of aromatic nitrogens is 2. The molecule has 3 aromatic rings. The highest BCUT2D eigenvalue weighted by molar-refractivity contribution is 7.73. The van der Waals surface area contributed by atoms with E-state index in [2.05, 4.69) is 46.4 Å². The zero-order valence-electron chi connectivity index (χ0n) is 15.3. The fourth-order valence-electron chi connectivity index (χ4n) is 3.68. The zero-order valence-corrected chi connectivity index (χ0v) is 16.9. The lowest BCUT2D eigenvalue weighted by atomic mass is 9.88. The first-order valence-electron chi connectivity index (χ1n) is 8.75. The van der Waals surface area contributed by atoms with Crippen LogP contribution in [-0.4, -0.2) is 35.4 Å². The van der Waals surface area contributed by atoms with Gasteiger partial charge in [0.05, 0.1) is 26.9 Å². The Kier molecular flexibility index (Phi) is 5.24. The Morgan fingerprint density at radius 2 is 1.89 bits per heavy atom. The molecule has 1 aliphatic heterocycles. The summed E-state index contributed by atoms with van der Waals surface area (Å²) in [6.07, 6.45) is 0.941. The van der Waals surface area contributed by atoms with Gasteiger partial charge in [0.25, 0.3) is 0 Å². The number of hydrogen-bond donors (Lipinski definition) is 0. The summed E-state index contributed by atoms with van der Waals surface area (Å²) in [5, 5.41) is 4.40. The number of nitrogens with zero attached hydrogens (tertiary/aromatic N) is 3. The van der Waals surface area contributed by atoms with Crippen LogP contribution in [0.1, 0.15) is 22.7 Å². The highest BCUT2D eigenvalue weighted by Crippen LogP contribution is 2.41. The molecule has 1 aromatic heterocycles. The average molecular weight is 400 g/mol. The second-order valence-corrected chi connectivity index (χ2v) is 7.91. The molecule has 4 rings (SSSR count). The molecule has 5 nitrogen and oxygen atoms in total. The van der Waals surface area contributed by atoms with Gasteiger partial charge in [0.15, 0.2) is 15.5 Å². The molecule has 0 spiro atoms. The summed E-state index contributed by atoms with van der Waals surface area (Å²) >= 11 is 6.91. The lowest BCUT2D eigenvalue weighted by Gasteiger charge is -2.37. The Balaban J connectivity index is 1.81. The van der Waals surface area contributed by atoms with Gasteiger partial charge in [0.2, 0.25) is 0 Å². The summed E-state index contributed by atoms with van der Waals surface area (Å²) in [6.45, 7) is 1.58. The summed E-state index contributed by atoms with van der Waals surface area (Å²) in [4.78, 5) is 2.42. The predicted octanol–water partition coefficient (Wildman–Crippen LogP) is 4.30. The first-order valence-corrected chi connectivity index (χ1v) is 10.0. The Bertz CT molecular complexity index is 984. The van der Waals surface area contributed by atoms with Crippen molar-refractivity contribution in [2.24, 2.45) is 0 Å². The van der Waals surface area contributed by atoms with Crippen molar-refractivity contribution < 1.29 is 9.47 Å². The number of fused-ring (bicyclic) bond motifs is 1. The van der Waals surface area contributed by atoms with Gasteiger partial charge in [-0.1, -0.05) is 41.7 Å². The zero-order chi connectivity index (χ0) is 18.8. The Morgan fingerprint density at radius 1 is 1.15 bits per heavy atom. The van der Waals surface area contributed by atoms with Crippen LogP contribution >= 0.6 is 23.6 Å². The molecular weight excluding hydrogens is 378 g/mol. The van der Waals surface area contributed by atoms with Gasteiger partial charge < -0.3 is 9.47 Å². The standard InChI is InChI=1S/C20H21N3O2S2/c1-24-17-10-15-8-9-22(13-23-20(26)27-12-21-23)19(14-6-4-3-5-7-14)16(15)11-18(17)25-2/h3-7,10-12,19H,8-9,13H2,1-2H3/t19-/m0/s1. The van der Waals surface area contributed by atoms with Gasteiger partial charge in [0, 0.05) is 6.54 Å². The van der Waals surface area contributed by atoms with Gasteiger partial charge in [-0.25, -0.2) is 4.68 Å². The van der Waals surface area contributed by atoms with E-state index in [1.807, 2.05) is 10.7 Å². The molecule has 140 valence electrons. The lowest BCUT2D eigenvalue weighted by molar-refractivity contribution is 0.155. The first kappa shape index (κ1) is 18.2. The Labute approximate surface area is 167 Å². The van der Waals surface area contributed by atoms with Crippen molar-refractivity contribution >= 4 is 23.6 Å². The topological polar surface area (TPSA) is 39.5 Å². The van der Waals surface area contributed by atoms with Crippen molar-refractivity contribution in [1.29, 1.82) is 0 Å². The maximum Gasteiger partial charge on any atom is 0.180 e. The van der Waals surface area contributed by atoms with Crippen molar-refractivity contribution in [2.45, 2.75) is 19.1 Å². The van der Waals surface area contributed by atoms with E-state index in [0.717, 1.165) is 28.4 Å². The van der Waals surface area contributed by atoms with E-state index in [4.69, 9.17) is 21.7 Å². The molecule has 0 N–H and O–H groups in total. The second-order valence-electron chi connectivity index (χ2n) is 6.43. The highest BCUT2D eigenvalue weighted by Gasteiger charge is 2.30. The quantitative estimate of drug-likeness (QED) is 0.598. The van der Waals surface area contributed by atoms with E-state index >= 15 is 0 Å². The Morgan fingerprint density at radius 3 is 2.56 bits per heavy atom. The third kappa shape index (κ3) is 3.50. The number of hydrogen-bond acceptors (Lipinski definition) is 6. The van der Waals surface area contributed by atoms with Crippen molar-refractivity contribution in [1.82, 2.24) is 14.7 Å². The van der Waals surface area contributed by atoms with Gasteiger partial charge in [0.1, 0.15) is 5.51 Å². The van der Waals surface area contributed by atoms with Crippen molar-refractivity contribution in [3.63, 3.8) is 0 Å². The van der Waals surface area contributed by atoms with E-state index in [0.29, 0.717) is 6.67 Å². The smallest absolute Gasteiger partial charge is 0.180 e. The number of rotatable bonds is 5. The Hall–Kier alpha value is -2.22. The fourth-order valence-corrected chi connectivity index (χ4v) is 4.39. The molecule has 0 radical (unpaired) electrons. The third-order valence-electron chi connectivity index (χ3n) is 4.96. The number of ether oxygens (including phenoxy) is 2. The molecule has 1 atom stereocenters. The van der Waals surface area contributed by atoms with E-state index in [1.165, 1.54) is 28.0 Å². The summed E-state index contributed by atoms with van der Waals surface area (Å²) < 4.78 is 13.8. The number of methoxy groups -OCH3 is 2. The predicted molar refractivity (Wildman–Crippen MR) is 109 cm³/mol. The van der Waals surface area contributed by atoms with Crippen LogP contribution in [0.4, 0.5) is 0 Å². The summed E-state index contributed by atoms with van der Waals surface area (Å²) in [5.41, 5.74) is 5.57. The maximum atomic E-state index is 5.57. The van der Waals surface area contributed by atoms with Gasteiger partial charge in [-0.15, -0.1) is 0 Å². The maximum absolute atomic E-state index is 5.57. The fraction of sp³-hybridized carbons (Fsp3) is 0.300. The summed E-state index contributed by atoms with van der Waals surface area (Å²) in [5.74, 6) is 1.53. The monoisotopic (exact) mass is 399 g/mol. The van der Waals surface area contributed by atoms with E-state index in [1.54, 1.807) is 19.7 Å². The summed E-state index contributed by atoms with van der Waals surface area (Å²) in [6, 6.07) is 14.9. The average Bonchev–Trinajstić information content (AvgIpc) is 3.11. The molecule has 0 saturated heterocycles. The van der Waals surface area contributed by atoms with Gasteiger partial charge in [-0.2, -0.15) is 5.10 Å². The van der Waals surface area contributed by atoms with Gasteiger partial charge >= 0.3 is 0 Å². The molecule has 0 aliphatic carbocycles. The van der Waals surface area contributed by atoms with Gasteiger partial charge in [-0.05, 0) is 47.5 Å². The minimum atomic E-state index is 0.110. The molecule has 2 heterocycles. The van der Waals surface area contributed by atoms with Crippen LogP contribution in [-0.2, 0) is 13.1 Å². The SMILES string of the molecule is COc1cc2c(cc1OC)[C@H](c1ccccc1)N(Cn1ncsc1=S)CC2. The van der Waals surface area contributed by atoms with Crippen LogP contribution < -0.4 is 9.47 Å². The largest absolute Gasteiger partial charge is 0.493 e. The summed E-state index contributed by atoms with van der Waals surface area (Å²) in [7, 11) is 3.36. The minimum Gasteiger partial charge on any atom is -0.493 e. The van der Waals surface area contributed by atoms with Gasteiger partial charge in [-0.3, -0.25) is 4.90 Å². The molecule has 0 unspecified atom stereocenters. The van der Waals surface area contributed by atoms with Crippen LogP contribution in [0.3, 0.4) is 0 Å². The first-order chi connectivity index (χ1) is 13.2. The normalized spacial score (nSPS) is 16.7. The molecule has 27 heavy (non-hydrogen) atoms. The van der Waals surface area contributed by atoms with Crippen LogP contribution in [0, 0.1) is 3.95 Å². The van der Waals surface area contributed by atoms with Crippen LogP contribution in [0.5, 0.6) is 11.5 Å². The van der Waals surface area contributed by atoms with Crippen LogP contribution in [0.25, 0.3) is 0 Å². The molecule has 0 amide bonds. The molecule has 0 bridgehead atoms. The van der Waals surface area contributed by atoms with Crippen LogP contribution in [0.15, 0.2) is 48.0 Å². The van der Waals surface area contributed by atoms with E-state index < -0.39 is 0 Å². The van der Waals surface area contributed by atoms with E-state index in [-0.39, 0.29) is 6.04 Å². The lowest BCUT2D eigenvalue weighted by Crippen LogP contribution is -2.37. The van der Waals surface area contributed by atoms with Crippen molar-refractivity contribution in [3.05, 3.63) is 68.6 Å². The van der Waals surface area contributed by atoms with Crippen molar-refractivity contribution in [2.75, 3.05) is 20.8 Å². The molecule has 0 saturated carbocycles. The van der Waals surface area contributed by atoms with E-state index in [9.17, 15) is 0 Å². The molecule has 1 aliphatic rings. The van der Waals surface area contributed by atoms with Crippen molar-refractivity contribution in [3.8, 4) is 11.5 Å². The third-order valence-corrected chi connectivity index (χ3v) is 6.07. The second kappa shape index (κ2) is 7.80. The molecule has 2 aromatic carbocycles. The molecule has 0 fully saturated rings. The number of benzene rings is 2. The minimum absolute atomic E-state index is 0.110. The molecule has 7 heteroatoms. The molecular formula is C20H21N3O2S2. The highest BCUT2D eigenvalue weighted by atomic mass is 32.1. The van der Waals surface area contributed by atoms with Crippen LogP contribution in [0.2, 0.25) is 0 Å².